The first kappa shape index (κ1) is 16.0. The van der Waals surface area contributed by atoms with Gasteiger partial charge in [0.15, 0.2) is 0 Å². The van der Waals surface area contributed by atoms with E-state index in [2.05, 4.69) is 15.2 Å². The molecular weight excluding hydrogens is 276 g/mol. The van der Waals surface area contributed by atoms with Gasteiger partial charge in [0.2, 0.25) is 0 Å². The molecule has 0 unspecified atom stereocenters. The highest BCUT2D eigenvalue weighted by Gasteiger charge is 2.08. The number of nitrogen functional groups attached to an aromatic ring is 1. The number of anilines is 1. The molecule has 0 saturated heterocycles. The van der Waals surface area contributed by atoms with Crippen LogP contribution in [0.4, 0.5) is 5.95 Å². The minimum atomic E-state index is -1.48. The lowest BCUT2D eigenvalue weighted by Gasteiger charge is -2.04. The average Bonchev–Trinajstić information content (AvgIpc) is 2.44. The van der Waals surface area contributed by atoms with Crippen molar-refractivity contribution in [2.24, 2.45) is 0 Å². The lowest BCUT2D eigenvalue weighted by Crippen LogP contribution is -2.24. The second-order valence-electron chi connectivity index (χ2n) is 4.06. The fourth-order valence-corrected chi connectivity index (χ4v) is 1.36. The zero-order chi connectivity index (χ0) is 16.0. The van der Waals surface area contributed by atoms with Gasteiger partial charge >= 0.3 is 11.9 Å². The van der Waals surface area contributed by atoms with Crippen LogP contribution >= 0.6 is 0 Å². The standard InChI is InChI=1S/C8H6O4.C5H8N4/c9-7(10)5-3-1-2-4-6(5)8(11)12;1-3-4(2)8-9-5(6)7-3/h1-4H,(H,9,10)(H,11,12);1-2H3,(H2,6,7,9). The summed E-state index contributed by atoms with van der Waals surface area (Å²) in [5.41, 5.74) is 6.58. The number of nitrogens with one attached hydrogen (secondary N) is 1. The van der Waals surface area contributed by atoms with Gasteiger partial charge in [0, 0.05) is 10.7 Å². The van der Waals surface area contributed by atoms with E-state index in [9.17, 15) is 14.7 Å². The maximum absolute atomic E-state index is 10.4. The zero-order valence-electron chi connectivity index (χ0n) is 11.5. The number of carboxylic acids is 2. The molecule has 2 rings (SSSR count). The summed E-state index contributed by atoms with van der Waals surface area (Å²) in [4.78, 5) is 23.6. The molecule has 21 heavy (non-hydrogen) atoms. The molecule has 0 saturated carbocycles. The van der Waals surface area contributed by atoms with Crippen LogP contribution in [0.1, 0.15) is 32.1 Å². The van der Waals surface area contributed by atoms with E-state index in [4.69, 9.17) is 10.8 Å². The van der Waals surface area contributed by atoms with Gasteiger partial charge in [0.25, 0.3) is 0 Å². The summed E-state index contributed by atoms with van der Waals surface area (Å²) in [5, 5.41) is 26.3. The SMILES string of the molecule is Cc1nnc(N)[nH+]c1C.O=C([O-])c1ccccc1C(=O)O. The van der Waals surface area contributed by atoms with Gasteiger partial charge in [-0.2, -0.15) is 0 Å². The van der Waals surface area contributed by atoms with Crippen LogP contribution in [0, 0.1) is 13.8 Å². The van der Waals surface area contributed by atoms with E-state index in [1.807, 2.05) is 13.8 Å². The number of aryl methyl sites for hydroxylation is 2. The van der Waals surface area contributed by atoms with Crippen LogP contribution in [0.3, 0.4) is 0 Å². The van der Waals surface area contributed by atoms with Gasteiger partial charge in [0.05, 0.1) is 17.2 Å². The Kier molecular flexibility index (Phi) is 5.30. The Balaban J connectivity index is 0.000000219. The summed E-state index contributed by atoms with van der Waals surface area (Å²) in [6, 6.07) is 5.31. The second-order valence-corrected chi connectivity index (χ2v) is 4.06. The lowest BCUT2D eigenvalue weighted by atomic mass is 10.1. The molecule has 1 aromatic carbocycles. The number of hydrogen-bond acceptors (Lipinski definition) is 6. The minimum absolute atomic E-state index is 0.252. The largest absolute Gasteiger partial charge is 0.545 e. The van der Waals surface area contributed by atoms with Crippen molar-refractivity contribution in [2.75, 3.05) is 5.73 Å². The molecule has 0 aliphatic carbocycles. The molecule has 4 N–H and O–H groups in total. The Morgan fingerprint density at radius 2 is 1.76 bits per heavy atom. The highest BCUT2D eigenvalue weighted by Crippen LogP contribution is 2.06. The van der Waals surface area contributed by atoms with E-state index < -0.39 is 11.9 Å². The fourth-order valence-electron chi connectivity index (χ4n) is 1.36. The van der Waals surface area contributed by atoms with E-state index in [-0.39, 0.29) is 11.1 Å². The van der Waals surface area contributed by atoms with Crippen molar-refractivity contribution >= 4 is 17.9 Å². The van der Waals surface area contributed by atoms with E-state index in [0.29, 0.717) is 5.95 Å². The molecule has 1 aromatic heterocycles. The molecule has 8 heteroatoms. The summed E-state index contributed by atoms with van der Waals surface area (Å²) in [6.45, 7) is 3.78. The van der Waals surface area contributed by atoms with Crippen LogP contribution in [-0.2, 0) is 0 Å². The number of aromatic nitrogens is 3. The van der Waals surface area contributed by atoms with Crippen LogP contribution in [0.5, 0.6) is 0 Å². The van der Waals surface area contributed by atoms with Crippen LogP contribution in [-0.4, -0.2) is 27.2 Å². The normalized spacial score (nSPS) is 9.43. The first-order valence-corrected chi connectivity index (χ1v) is 5.85. The van der Waals surface area contributed by atoms with Crippen molar-refractivity contribution in [1.82, 2.24) is 10.2 Å². The summed E-state index contributed by atoms with van der Waals surface area (Å²) in [6.07, 6.45) is 0. The summed E-state index contributed by atoms with van der Waals surface area (Å²) in [7, 11) is 0. The second kappa shape index (κ2) is 6.94. The monoisotopic (exact) mass is 290 g/mol. The molecule has 8 nitrogen and oxygen atoms in total. The van der Waals surface area contributed by atoms with Crippen molar-refractivity contribution < 1.29 is 24.8 Å². The third kappa shape index (κ3) is 4.53. The van der Waals surface area contributed by atoms with Crippen LogP contribution in [0.2, 0.25) is 0 Å². The van der Waals surface area contributed by atoms with Gasteiger partial charge in [-0.1, -0.05) is 23.3 Å². The van der Waals surface area contributed by atoms with Gasteiger partial charge in [0.1, 0.15) is 5.69 Å². The predicted octanol–water partition coefficient (Wildman–Crippen LogP) is -0.762. The number of aromatic carboxylic acids is 2. The molecule has 0 spiro atoms. The summed E-state index contributed by atoms with van der Waals surface area (Å²) < 4.78 is 0. The molecule has 110 valence electrons. The number of carbonyl (C=O) groups is 2. The Bertz CT molecular complexity index is 640. The average molecular weight is 290 g/mol. The van der Waals surface area contributed by atoms with E-state index in [0.717, 1.165) is 11.4 Å². The Morgan fingerprint density at radius 3 is 2.14 bits per heavy atom. The minimum Gasteiger partial charge on any atom is -0.545 e. The van der Waals surface area contributed by atoms with Crippen molar-refractivity contribution in [2.45, 2.75) is 13.8 Å². The Hall–Kier alpha value is -3.03. The number of nitrogens with two attached hydrogens (primary N) is 1. The van der Waals surface area contributed by atoms with E-state index >= 15 is 0 Å². The molecule has 0 bridgehead atoms. The quantitative estimate of drug-likeness (QED) is 0.739. The molecular formula is C13H14N4O4. The molecule has 0 aliphatic heterocycles. The first-order chi connectivity index (χ1) is 9.82. The number of H-pyrrole nitrogens is 1. The van der Waals surface area contributed by atoms with Crippen molar-refractivity contribution in [3.63, 3.8) is 0 Å². The number of benzene rings is 1. The molecule has 0 amide bonds. The third-order valence-electron chi connectivity index (χ3n) is 2.54. The van der Waals surface area contributed by atoms with Gasteiger partial charge in [-0.3, -0.25) is 5.73 Å². The number of rotatable bonds is 2. The van der Waals surface area contributed by atoms with Crippen molar-refractivity contribution in [3.8, 4) is 0 Å². The van der Waals surface area contributed by atoms with Crippen LogP contribution in [0.15, 0.2) is 24.3 Å². The number of hydrogen-bond donors (Lipinski definition) is 2. The maximum Gasteiger partial charge on any atom is 0.410 e. The molecule has 2 aromatic rings. The summed E-state index contributed by atoms with van der Waals surface area (Å²) in [5.74, 6) is -2.39. The van der Waals surface area contributed by atoms with Crippen molar-refractivity contribution in [1.29, 1.82) is 0 Å². The number of nitrogens with zero attached hydrogens (tertiary/aromatic N) is 2. The molecule has 0 radical (unpaired) electrons. The zero-order valence-corrected chi connectivity index (χ0v) is 11.5. The molecule has 1 heterocycles. The van der Waals surface area contributed by atoms with Gasteiger partial charge in [-0.05, 0) is 19.9 Å². The highest BCUT2D eigenvalue weighted by molar-refractivity contribution is 6.00. The first-order valence-electron chi connectivity index (χ1n) is 5.85. The van der Waals surface area contributed by atoms with Crippen molar-refractivity contribution in [3.05, 3.63) is 46.8 Å². The maximum atomic E-state index is 10.4. The predicted molar refractivity (Wildman–Crippen MR) is 70.2 cm³/mol. The molecule has 0 aliphatic rings. The highest BCUT2D eigenvalue weighted by atomic mass is 16.4. The molecule has 0 atom stereocenters. The Morgan fingerprint density at radius 1 is 1.19 bits per heavy atom. The van der Waals surface area contributed by atoms with Crippen LogP contribution in [0.25, 0.3) is 0 Å². The van der Waals surface area contributed by atoms with E-state index in [1.165, 1.54) is 24.3 Å². The van der Waals surface area contributed by atoms with Gasteiger partial charge in [-0.25, -0.2) is 9.78 Å². The Labute approximate surface area is 120 Å². The van der Waals surface area contributed by atoms with Gasteiger partial charge in [-0.15, -0.1) is 0 Å². The lowest BCUT2D eigenvalue weighted by molar-refractivity contribution is -0.376. The number of carbonyl (C=O) groups excluding carboxylic acids is 1. The molecule has 0 fully saturated rings. The summed E-state index contributed by atoms with van der Waals surface area (Å²) >= 11 is 0. The number of carboxylic acid groups (broad SMARTS) is 2. The fraction of sp³-hybridized carbons (Fsp3) is 0.154. The van der Waals surface area contributed by atoms with E-state index in [1.54, 1.807) is 0 Å². The smallest absolute Gasteiger partial charge is 0.410 e. The van der Waals surface area contributed by atoms with Crippen LogP contribution < -0.4 is 15.8 Å². The number of aromatic amines is 1. The third-order valence-corrected chi connectivity index (χ3v) is 2.54. The van der Waals surface area contributed by atoms with Gasteiger partial charge < -0.3 is 15.0 Å². The topological polar surface area (TPSA) is 143 Å².